The molecule has 7 heteroatoms. The van der Waals surface area contributed by atoms with E-state index in [2.05, 4.69) is 6.07 Å². The van der Waals surface area contributed by atoms with Gasteiger partial charge in [0, 0.05) is 40.7 Å². The molecule has 0 unspecified atom stereocenters. The molecule has 0 aliphatic heterocycles. The predicted molar refractivity (Wildman–Crippen MR) is 119 cm³/mol. The first kappa shape index (κ1) is 18.7. The summed E-state index contributed by atoms with van der Waals surface area (Å²) in [6, 6.07) is 15.3. The number of para-hydroxylation sites is 1. The number of ether oxygens (including phenoxy) is 1. The third kappa shape index (κ3) is 2.98. The SMILES string of the molecule is Cc1c2ccn(C(=O)Oc3ccc([N+](=O)[O-])cc3)cc2c(C)c2c1nc1ccccc12. The number of rotatable bonds is 2. The quantitative estimate of drug-likeness (QED) is 0.266. The molecule has 0 bridgehead atoms. The zero-order valence-corrected chi connectivity index (χ0v) is 16.8. The predicted octanol–water partition coefficient (Wildman–Crippen LogP) is 5.91. The summed E-state index contributed by atoms with van der Waals surface area (Å²) in [5, 5.41) is 14.9. The molecule has 0 fully saturated rings. The Labute approximate surface area is 176 Å². The standard InChI is InChI=1S/C24H17N3O4/c1-14-20-13-26(24(28)31-17-9-7-16(8-10-17)27(29)30)12-11-18(20)15(2)23-22(14)19-5-3-4-6-21(19)25-23/h3-13H,1-2H3. The van der Waals surface area contributed by atoms with Gasteiger partial charge in [-0.25, -0.2) is 9.78 Å². The number of carbonyl (C=O) groups is 1. The summed E-state index contributed by atoms with van der Waals surface area (Å²) >= 11 is 0. The topological polar surface area (TPSA) is 87.3 Å². The van der Waals surface area contributed by atoms with Gasteiger partial charge in [0.1, 0.15) is 5.75 Å². The van der Waals surface area contributed by atoms with Crippen molar-refractivity contribution < 1.29 is 14.5 Å². The van der Waals surface area contributed by atoms with E-state index in [1.807, 2.05) is 38.1 Å². The minimum atomic E-state index is -0.599. The van der Waals surface area contributed by atoms with Crippen LogP contribution in [0.2, 0.25) is 0 Å². The first-order valence-corrected chi connectivity index (χ1v) is 9.70. The van der Waals surface area contributed by atoms with Crippen LogP contribution < -0.4 is 4.74 Å². The highest BCUT2D eigenvalue weighted by Gasteiger charge is 2.16. The fourth-order valence-corrected chi connectivity index (χ4v) is 4.02. The largest absolute Gasteiger partial charge is 0.423 e. The molecular weight excluding hydrogens is 394 g/mol. The van der Waals surface area contributed by atoms with Gasteiger partial charge in [0.05, 0.1) is 16.0 Å². The van der Waals surface area contributed by atoms with Crippen molar-refractivity contribution in [3.63, 3.8) is 0 Å². The number of aryl methyl sites for hydroxylation is 2. The second-order valence-electron chi connectivity index (χ2n) is 7.40. The average Bonchev–Trinajstić information content (AvgIpc) is 3.17. The molecule has 0 radical (unpaired) electrons. The third-order valence-corrected chi connectivity index (χ3v) is 5.60. The summed E-state index contributed by atoms with van der Waals surface area (Å²) in [5.74, 6) is 0.234. The van der Waals surface area contributed by atoms with Gasteiger partial charge in [0.15, 0.2) is 0 Å². The Morgan fingerprint density at radius 1 is 0.968 bits per heavy atom. The number of carbonyl (C=O) groups excluding carboxylic acids is 1. The second-order valence-corrected chi connectivity index (χ2v) is 7.40. The smallest absolute Gasteiger partial charge is 0.410 e. The van der Waals surface area contributed by atoms with Gasteiger partial charge in [-0.15, -0.1) is 0 Å². The van der Waals surface area contributed by atoms with E-state index in [0.717, 1.165) is 43.7 Å². The highest BCUT2D eigenvalue weighted by Crippen LogP contribution is 2.36. The molecule has 3 aromatic carbocycles. The molecule has 0 saturated carbocycles. The molecule has 0 aliphatic carbocycles. The Morgan fingerprint density at radius 2 is 1.71 bits per heavy atom. The lowest BCUT2D eigenvalue weighted by Gasteiger charge is -2.12. The van der Waals surface area contributed by atoms with Crippen LogP contribution in [0.25, 0.3) is 32.6 Å². The van der Waals surface area contributed by atoms with Gasteiger partial charge in [0.25, 0.3) is 5.69 Å². The molecule has 5 rings (SSSR count). The minimum Gasteiger partial charge on any atom is -0.410 e. The molecule has 2 heterocycles. The lowest BCUT2D eigenvalue weighted by molar-refractivity contribution is -0.384. The van der Waals surface area contributed by atoms with Gasteiger partial charge in [-0.1, -0.05) is 18.2 Å². The minimum absolute atomic E-state index is 0.0659. The molecule has 0 spiro atoms. The molecule has 152 valence electrons. The van der Waals surface area contributed by atoms with Crippen LogP contribution in [0.4, 0.5) is 10.5 Å². The summed E-state index contributed by atoms with van der Waals surface area (Å²) < 4.78 is 6.76. The number of fused-ring (bicyclic) bond motifs is 4. The number of hydrogen-bond acceptors (Lipinski definition) is 5. The van der Waals surface area contributed by atoms with Crippen LogP contribution >= 0.6 is 0 Å². The number of aromatic nitrogens is 2. The zero-order valence-electron chi connectivity index (χ0n) is 16.8. The summed E-state index contributed by atoms with van der Waals surface area (Å²) in [6.07, 6.45) is 2.81. The Morgan fingerprint density at radius 3 is 2.45 bits per heavy atom. The summed E-state index contributed by atoms with van der Waals surface area (Å²) in [6.45, 7) is 4.07. The summed E-state index contributed by atoms with van der Waals surface area (Å²) in [7, 11) is 0. The second kappa shape index (κ2) is 6.91. The van der Waals surface area contributed by atoms with Gasteiger partial charge in [-0.2, -0.15) is 0 Å². The zero-order chi connectivity index (χ0) is 21.7. The molecule has 0 amide bonds. The molecule has 7 nitrogen and oxygen atoms in total. The molecule has 5 aromatic rings. The average molecular weight is 411 g/mol. The molecule has 2 aromatic heterocycles. The van der Waals surface area contributed by atoms with Gasteiger partial charge in [-0.3, -0.25) is 14.7 Å². The Hall–Kier alpha value is -4.26. The maximum absolute atomic E-state index is 12.7. The number of nitro groups is 1. The van der Waals surface area contributed by atoms with Crippen LogP contribution in [0.5, 0.6) is 5.75 Å². The lowest BCUT2D eigenvalue weighted by Crippen LogP contribution is -2.16. The van der Waals surface area contributed by atoms with E-state index in [1.54, 1.807) is 12.4 Å². The van der Waals surface area contributed by atoms with E-state index < -0.39 is 11.0 Å². The fourth-order valence-electron chi connectivity index (χ4n) is 4.02. The van der Waals surface area contributed by atoms with Crippen molar-refractivity contribution in [3.8, 4) is 5.75 Å². The van der Waals surface area contributed by atoms with E-state index in [0.29, 0.717) is 0 Å². The van der Waals surface area contributed by atoms with E-state index in [4.69, 9.17) is 9.72 Å². The van der Waals surface area contributed by atoms with Gasteiger partial charge in [0.2, 0.25) is 0 Å². The number of non-ortho nitro benzene ring substituents is 1. The maximum Gasteiger partial charge on any atom is 0.423 e. The maximum atomic E-state index is 12.7. The van der Waals surface area contributed by atoms with E-state index in [-0.39, 0.29) is 11.4 Å². The monoisotopic (exact) mass is 411 g/mol. The van der Waals surface area contributed by atoms with Crippen LogP contribution in [-0.2, 0) is 0 Å². The van der Waals surface area contributed by atoms with Crippen LogP contribution in [0, 0.1) is 24.0 Å². The van der Waals surface area contributed by atoms with E-state index in [1.165, 1.54) is 28.8 Å². The lowest BCUT2D eigenvalue weighted by atomic mass is 9.97. The van der Waals surface area contributed by atoms with Crippen molar-refractivity contribution in [1.82, 2.24) is 9.55 Å². The van der Waals surface area contributed by atoms with Crippen LogP contribution in [-0.4, -0.2) is 20.6 Å². The van der Waals surface area contributed by atoms with Gasteiger partial charge < -0.3 is 4.74 Å². The van der Waals surface area contributed by atoms with Crippen molar-refractivity contribution in [3.05, 3.63) is 88.2 Å². The summed E-state index contributed by atoms with van der Waals surface area (Å²) in [5.41, 5.74) is 3.95. The molecule has 0 atom stereocenters. The third-order valence-electron chi connectivity index (χ3n) is 5.60. The van der Waals surface area contributed by atoms with Gasteiger partial charge >= 0.3 is 6.09 Å². The Kier molecular flexibility index (Phi) is 4.18. The van der Waals surface area contributed by atoms with Gasteiger partial charge in [-0.05, 0) is 54.6 Å². The first-order valence-electron chi connectivity index (χ1n) is 9.70. The molecule has 31 heavy (non-hydrogen) atoms. The number of nitrogens with zero attached hydrogens (tertiary/aromatic N) is 3. The highest BCUT2D eigenvalue weighted by atomic mass is 16.6. The summed E-state index contributed by atoms with van der Waals surface area (Å²) in [4.78, 5) is 27.8. The fraction of sp³-hybridized carbons (Fsp3) is 0.0833. The molecule has 0 N–H and O–H groups in total. The van der Waals surface area contributed by atoms with Crippen molar-refractivity contribution in [1.29, 1.82) is 0 Å². The van der Waals surface area contributed by atoms with Crippen LogP contribution in [0.15, 0.2) is 67.0 Å². The molecular formula is C24H17N3O4. The Balaban J connectivity index is 1.59. The van der Waals surface area contributed by atoms with Crippen molar-refractivity contribution >= 4 is 44.4 Å². The van der Waals surface area contributed by atoms with E-state index in [9.17, 15) is 14.9 Å². The molecule has 0 aliphatic rings. The number of pyridine rings is 1. The highest BCUT2D eigenvalue weighted by molar-refractivity contribution is 6.16. The van der Waals surface area contributed by atoms with E-state index >= 15 is 0 Å². The van der Waals surface area contributed by atoms with Crippen molar-refractivity contribution in [2.75, 3.05) is 0 Å². The van der Waals surface area contributed by atoms with Crippen LogP contribution in [0.3, 0.4) is 0 Å². The number of benzene rings is 3. The number of hydrogen-bond donors (Lipinski definition) is 0. The molecule has 0 saturated heterocycles. The normalized spacial score (nSPS) is 11.3. The number of nitro benzene ring substituents is 1. The Bertz CT molecular complexity index is 1520. The van der Waals surface area contributed by atoms with Crippen LogP contribution in [0.1, 0.15) is 11.1 Å². The van der Waals surface area contributed by atoms with Crippen molar-refractivity contribution in [2.24, 2.45) is 0 Å². The first-order chi connectivity index (χ1) is 14.9. The van der Waals surface area contributed by atoms with Crippen molar-refractivity contribution in [2.45, 2.75) is 13.8 Å².